The molecule has 0 saturated carbocycles. The first-order chi connectivity index (χ1) is 6.54. The van der Waals surface area contributed by atoms with Crippen LogP contribution < -0.4 is 5.32 Å². The van der Waals surface area contributed by atoms with Crippen molar-refractivity contribution in [2.45, 2.75) is 32.4 Å². The molecule has 0 radical (unpaired) electrons. The fraction of sp³-hybridized carbons (Fsp3) is 0.900. The van der Waals surface area contributed by atoms with Crippen molar-refractivity contribution in [2.75, 3.05) is 20.1 Å². The van der Waals surface area contributed by atoms with Gasteiger partial charge in [-0.1, -0.05) is 6.92 Å². The summed E-state index contributed by atoms with van der Waals surface area (Å²) < 4.78 is 0. The highest BCUT2D eigenvalue weighted by Gasteiger charge is 2.28. The van der Waals surface area contributed by atoms with E-state index in [1.54, 1.807) is 11.9 Å². The maximum atomic E-state index is 11.8. The van der Waals surface area contributed by atoms with Crippen molar-refractivity contribution in [3.8, 4) is 0 Å². The van der Waals surface area contributed by atoms with E-state index in [9.17, 15) is 9.90 Å². The van der Waals surface area contributed by atoms with Crippen molar-refractivity contribution in [1.82, 2.24) is 10.2 Å². The molecular formula is C10H20N2O2. The first kappa shape index (κ1) is 11.5. The van der Waals surface area contributed by atoms with Gasteiger partial charge in [0.05, 0.1) is 12.1 Å². The Hall–Kier alpha value is -0.610. The van der Waals surface area contributed by atoms with E-state index in [0.29, 0.717) is 12.5 Å². The standard InChI is InChI=1S/C10H20N2O2/c1-7-4-9(13)6-12(5-7)10(14)8(2)11-3/h7-9,11,13H,4-6H2,1-3H3/t7-,8?,9+/m0/s1. The van der Waals surface area contributed by atoms with E-state index in [-0.39, 0.29) is 18.1 Å². The average molecular weight is 200 g/mol. The molecule has 4 heteroatoms. The molecule has 4 nitrogen and oxygen atoms in total. The molecule has 1 rings (SSSR count). The molecule has 1 unspecified atom stereocenters. The molecule has 1 fully saturated rings. The minimum absolute atomic E-state index is 0.0816. The number of carbonyl (C=O) groups excluding carboxylic acids is 1. The number of aliphatic hydroxyl groups excluding tert-OH is 1. The number of amides is 1. The highest BCUT2D eigenvalue weighted by molar-refractivity contribution is 5.81. The monoisotopic (exact) mass is 200 g/mol. The van der Waals surface area contributed by atoms with E-state index in [0.717, 1.165) is 13.0 Å². The molecule has 0 aromatic carbocycles. The smallest absolute Gasteiger partial charge is 0.239 e. The Balaban J connectivity index is 2.54. The number of carbonyl (C=O) groups is 1. The maximum absolute atomic E-state index is 11.8. The van der Waals surface area contributed by atoms with E-state index in [4.69, 9.17) is 0 Å². The summed E-state index contributed by atoms with van der Waals surface area (Å²) in [5.74, 6) is 0.477. The zero-order valence-electron chi connectivity index (χ0n) is 9.16. The number of likely N-dealkylation sites (tertiary alicyclic amines) is 1. The van der Waals surface area contributed by atoms with Gasteiger partial charge >= 0.3 is 0 Å². The molecule has 0 spiro atoms. The first-order valence-electron chi connectivity index (χ1n) is 5.18. The number of nitrogens with zero attached hydrogens (tertiary/aromatic N) is 1. The van der Waals surface area contributed by atoms with Crippen LogP contribution in [0.2, 0.25) is 0 Å². The number of nitrogens with one attached hydrogen (secondary N) is 1. The summed E-state index contributed by atoms with van der Waals surface area (Å²) in [6, 6.07) is -0.160. The van der Waals surface area contributed by atoms with Gasteiger partial charge < -0.3 is 15.3 Å². The highest BCUT2D eigenvalue weighted by Crippen LogP contribution is 2.16. The van der Waals surface area contributed by atoms with E-state index < -0.39 is 0 Å². The lowest BCUT2D eigenvalue weighted by Gasteiger charge is -2.35. The number of rotatable bonds is 2. The number of aliphatic hydroxyl groups is 1. The normalized spacial score (nSPS) is 30.1. The Labute approximate surface area is 85.3 Å². The lowest BCUT2D eigenvalue weighted by molar-refractivity contribution is -0.137. The van der Waals surface area contributed by atoms with Gasteiger partial charge in [0.25, 0.3) is 0 Å². The molecule has 14 heavy (non-hydrogen) atoms. The lowest BCUT2D eigenvalue weighted by atomic mass is 9.97. The van der Waals surface area contributed by atoms with Crippen molar-refractivity contribution < 1.29 is 9.90 Å². The summed E-state index contributed by atoms with van der Waals surface area (Å²) in [7, 11) is 1.77. The molecule has 1 aliphatic heterocycles. The third-order valence-electron chi connectivity index (χ3n) is 2.75. The van der Waals surface area contributed by atoms with E-state index in [1.165, 1.54) is 0 Å². The summed E-state index contributed by atoms with van der Waals surface area (Å²) in [5.41, 5.74) is 0. The zero-order chi connectivity index (χ0) is 10.7. The number of hydrogen-bond donors (Lipinski definition) is 2. The lowest BCUT2D eigenvalue weighted by Crippen LogP contribution is -2.51. The summed E-state index contributed by atoms with van der Waals surface area (Å²) in [5, 5.41) is 12.5. The third-order valence-corrected chi connectivity index (χ3v) is 2.75. The van der Waals surface area contributed by atoms with Crippen LogP contribution in [0.1, 0.15) is 20.3 Å². The van der Waals surface area contributed by atoms with Gasteiger partial charge in [-0.05, 0) is 26.3 Å². The third kappa shape index (κ3) is 2.69. The van der Waals surface area contributed by atoms with Crippen LogP contribution in [-0.4, -0.2) is 48.2 Å². The number of likely N-dealkylation sites (N-methyl/N-ethyl adjacent to an activating group) is 1. The van der Waals surface area contributed by atoms with Gasteiger partial charge in [-0.15, -0.1) is 0 Å². The van der Waals surface area contributed by atoms with Crippen LogP contribution in [0, 0.1) is 5.92 Å². The minimum Gasteiger partial charge on any atom is -0.391 e. The average Bonchev–Trinajstić information content (AvgIpc) is 2.14. The Morgan fingerprint density at radius 2 is 2.21 bits per heavy atom. The fourth-order valence-electron chi connectivity index (χ4n) is 1.90. The molecule has 1 heterocycles. The van der Waals surface area contributed by atoms with E-state index >= 15 is 0 Å². The maximum Gasteiger partial charge on any atom is 0.239 e. The molecule has 1 aliphatic rings. The second-order valence-corrected chi connectivity index (χ2v) is 4.25. The van der Waals surface area contributed by atoms with Gasteiger partial charge in [-0.2, -0.15) is 0 Å². The second-order valence-electron chi connectivity index (χ2n) is 4.25. The number of hydrogen-bond acceptors (Lipinski definition) is 3. The van der Waals surface area contributed by atoms with E-state index in [2.05, 4.69) is 12.2 Å². The summed E-state index contributed by atoms with van der Waals surface area (Å²) in [4.78, 5) is 13.5. The van der Waals surface area contributed by atoms with Crippen molar-refractivity contribution >= 4 is 5.91 Å². The number of β-amino-alcohol motifs (C(OH)–C–C–N with tert-alkyl or cyclic N) is 1. The number of piperidine rings is 1. The van der Waals surface area contributed by atoms with Crippen LogP contribution in [-0.2, 0) is 4.79 Å². The topological polar surface area (TPSA) is 52.6 Å². The molecule has 82 valence electrons. The van der Waals surface area contributed by atoms with E-state index in [1.807, 2.05) is 6.92 Å². The van der Waals surface area contributed by atoms with Crippen LogP contribution in [0.4, 0.5) is 0 Å². The van der Waals surface area contributed by atoms with Crippen molar-refractivity contribution in [3.05, 3.63) is 0 Å². The predicted molar refractivity (Wildman–Crippen MR) is 54.9 cm³/mol. The van der Waals surface area contributed by atoms with Crippen LogP contribution in [0.15, 0.2) is 0 Å². The molecule has 0 bridgehead atoms. The van der Waals surface area contributed by atoms with Crippen LogP contribution in [0.5, 0.6) is 0 Å². The van der Waals surface area contributed by atoms with Crippen molar-refractivity contribution in [1.29, 1.82) is 0 Å². The summed E-state index contributed by atoms with van der Waals surface area (Å²) >= 11 is 0. The Kier molecular flexibility index (Phi) is 3.89. The van der Waals surface area contributed by atoms with Crippen LogP contribution in [0.3, 0.4) is 0 Å². The minimum atomic E-state index is -0.355. The van der Waals surface area contributed by atoms with Crippen LogP contribution >= 0.6 is 0 Å². The molecule has 0 aliphatic carbocycles. The van der Waals surface area contributed by atoms with Crippen molar-refractivity contribution in [2.24, 2.45) is 5.92 Å². The molecule has 1 saturated heterocycles. The molecule has 1 amide bonds. The summed E-state index contributed by atoms with van der Waals surface area (Å²) in [6.45, 7) is 5.15. The molecule has 0 aromatic rings. The molecule has 0 aromatic heterocycles. The zero-order valence-corrected chi connectivity index (χ0v) is 9.16. The Morgan fingerprint density at radius 1 is 1.57 bits per heavy atom. The molecular weight excluding hydrogens is 180 g/mol. The SMILES string of the molecule is CNC(C)C(=O)N1C[C@@H](C)C[C@@H](O)C1. The Morgan fingerprint density at radius 3 is 2.71 bits per heavy atom. The Bertz CT molecular complexity index is 198. The summed E-state index contributed by atoms with van der Waals surface area (Å²) in [6.07, 6.45) is 0.448. The predicted octanol–water partition coefficient (Wildman–Crippen LogP) is -0.176. The largest absolute Gasteiger partial charge is 0.391 e. The molecule has 3 atom stereocenters. The molecule has 2 N–H and O–H groups in total. The fourth-order valence-corrected chi connectivity index (χ4v) is 1.90. The first-order valence-corrected chi connectivity index (χ1v) is 5.18. The van der Waals surface area contributed by atoms with Gasteiger partial charge in [0.1, 0.15) is 0 Å². The van der Waals surface area contributed by atoms with Gasteiger partial charge in [-0.25, -0.2) is 0 Å². The second kappa shape index (κ2) is 4.75. The van der Waals surface area contributed by atoms with Crippen molar-refractivity contribution in [3.63, 3.8) is 0 Å². The van der Waals surface area contributed by atoms with Gasteiger partial charge in [0, 0.05) is 13.1 Å². The quantitative estimate of drug-likeness (QED) is 0.650. The van der Waals surface area contributed by atoms with Gasteiger partial charge in [0.2, 0.25) is 5.91 Å². The van der Waals surface area contributed by atoms with Crippen LogP contribution in [0.25, 0.3) is 0 Å². The highest BCUT2D eigenvalue weighted by atomic mass is 16.3. The van der Waals surface area contributed by atoms with Gasteiger partial charge in [-0.3, -0.25) is 4.79 Å². The van der Waals surface area contributed by atoms with Gasteiger partial charge in [0.15, 0.2) is 0 Å².